The third kappa shape index (κ3) is 3.32. The fourth-order valence-electron chi connectivity index (χ4n) is 4.60. The number of likely N-dealkylation sites (tertiary alicyclic amines) is 1. The summed E-state index contributed by atoms with van der Waals surface area (Å²) in [7, 11) is 0. The van der Waals surface area contributed by atoms with Crippen molar-refractivity contribution in [2.24, 2.45) is 5.92 Å². The van der Waals surface area contributed by atoms with Crippen LogP contribution in [0.25, 0.3) is 0 Å². The van der Waals surface area contributed by atoms with E-state index in [9.17, 15) is 0 Å². The van der Waals surface area contributed by atoms with Gasteiger partial charge in [-0.3, -0.25) is 0 Å². The molecule has 1 heterocycles. The number of hydrogen-bond donors (Lipinski definition) is 0. The second kappa shape index (κ2) is 7.22. The molecule has 0 aromatic heterocycles. The molecule has 1 saturated heterocycles. The van der Waals surface area contributed by atoms with Crippen molar-refractivity contribution >= 4 is 35.3 Å². The molecule has 3 heteroatoms. The van der Waals surface area contributed by atoms with Crippen molar-refractivity contribution in [2.45, 2.75) is 23.3 Å². The van der Waals surface area contributed by atoms with Crippen molar-refractivity contribution in [3.63, 3.8) is 0 Å². The predicted molar refractivity (Wildman–Crippen MR) is 116 cm³/mol. The summed E-state index contributed by atoms with van der Waals surface area (Å²) >= 11 is 4.35. The first-order valence-electron chi connectivity index (χ1n) is 9.53. The van der Waals surface area contributed by atoms with Crippen molar-refractivity contribution in [3.05, 3.63) is 101 Å². The minimum absolute atomic E-state index is 0.438. The quantitative estimate of drug-likeness (QED) is 0.451. The van der Waals surface area contributed by atoms with Gasteiger partial charge in [-0.1, -0.05) is 0 Å². The third-order valence-electron chi connectivity index (χ3n) is 5.86. The summed E-state index contributed by atoms with van der Waals surface area (Å²) in [6, 6.07) is 31.4. The van der Waals surface area contributed by atoms with Crippen LogP contribution < -0.4 is 4.46 Å². The molecule has 2 aliphatic rings. The molecule has 1 nitrogen and oxygen atoms in total. The van der Waals surface area contributed by atoms with Crippen LogP contribution in [-0.4, -0.2) is 26.4 Å². The molecule has 3 atom stereocenters. The van der Waals surface area contributed by atoms with Crippen molar-refractivity contribution in [3.8, 4) is 0 Å². The standard InChI is InChI=1S/C24H22BrNSe/c25-22-14-8-7-13-21(22)23-24(27-20-11-5-2-6-12-20)15-19(24)17-26(23)16-18-9-3-1-4-10-18/h1-14,19,23H,15-17H2/t19-,23-,24+/m0/s1. The van der Waals surface area contributed by atoms with E-state index in [2.05, 4.69) is 106 Å². The van der Waals surface area contributed by atoms with E-state index in [1.165, 1.54) is 33.0 Å². The summed E-state index contributed by atoms with van der Waals surface area (Å²) in [5, 5.41) is 0. The van der Waals surface area contributed by atoms with E-state index < -0.39 is 0 Å². The Balaban J connectivity index is 1.51. The fraction of sp³-hybridized carbons (Fsp3) is 0.250. The van der Waals surface area contributed by atoms with Crippen molar-refractivity contribution in [2.75, 3.05) is 6.54 Å². The van der Waals surface area contributed by atoms with Crippen LogP contribution in [0.2, 0.25) is 4.31 Å². The van der Waals surface area contributed by atoms with Gasteiger partial charge < -0.3 is 0 Å². The normalized spacial score (nSPS) is 26.7. The number of nitrogens with zero attached hydrogens (tertiary/aromatic N) is 1. The van der Waals surface area contributed by atoms with E-state index in [-0.39, 0.29) is 0 Å². The molecule has 0 radical (unpaired) electrons. The van der Waals surface area contributed by atoms with Crippen LogP contribution in [0.1, 0.15) is 23.6 Å². The van der Waals surface area contributed by atoms with Gasteiger partial charge in [0, 0.05) is 0 Å². The Morgan fingerprint density at radius 3 is 2.30 bits per heavy atom. The predicted octanol–water partition coefficient (Wildman–Crippen LogP) is 5.21. The zero-order valence-electron chi connectivity index (χ0n) is 15.1. The monoisotopic (exact) mass is 483 g/mol. The number of rotatable bonds is 5. The van der Waals surface area contributed by atoms with Gasteiger partial charge in [0.1, 0.15) is 0 Å². The van der Waals surface area contributed by atoms with Crippen LogP contribution in [0.5, 0.6) is 0 Å². The van der Waals surface area contributed by atoms with Crippen LogP contribution in [0.15, 0.2) is 89.4 Å². The Hall–Kier alpha value is -1.38. The molecule has 3 aromatic carbocycles. The van der Waals surface area contributed by atoms with Crippen LogP contribution in [0.3, 0.4) is 0 Å². The first-order chi connectivity index (χ1) is 13.3. The second-order valence-corrected chi connectivity index (χ2v) is 11.5. The topological polar surface area (TPSA) is 3.24 Å². The molecule has 5 rings (SSSR count). The average Bonchev–Trinajstić information content (AvgIpc) is 3.29. The summed E-state index contributed by atoms with van der Waals surface area (Å²) in [4.78, 5) is 2.73. The van der Waals surface area contributed by atoms with Gasteiger partial charge in [0.15, 0.2) is 0 Å². The van der Waals surface area contributed by atoms with E-state index in [1.807, 2.05) is 0 Å². The van der Waals surface area contributed by atoms with Crippen molar-refractivity contribution in [1.29, 1.82) is 0 Å². The molecule has 136 valence electrons. The van der Waals surface area contributed by atoms with Crippen LogP contribution in [0.4, 0.5) is 0 Å². The molecule has 1 saturated carbocycles. The van der Waals surface area contributed by atoms with Crippen LogP contribution in [0, 0.1) is 5.92 Å². The Bertz CT molecular complexity index is 929. The molecule has 0 spiro atoms. The SMILES string of the molecule is Brc1ccccc1[C@@H]1N(Cc2ccccc2)C[C@@H]2C[C@@]21[Se]c1ccccc1. The summed E-state index contributed by atoms with van der Waals surface area (Å²) in [5.41, 5.74) is 2.88. The maximum atomic E-state index is 3.86. The molecule has 0 amide bonds. The summed E-state index contributed by atoms with van der Waals surface area (Å²) in [6.45, 7) is 2.26. The number of hydrogen-bond acceptors (Lipinski definition) is 1. The number of halogens is 1. The Morgan fingerprint density at radius 2 is 1.56 bits per heavy atom. The van der Waals surface area contributed by atoms with Crippen LogP contribution >= 0.6 is 15.9 Å². The number of benzene rings is 3. The molecule has 27 heavy (non-hydrogen) atoms. The zero-order chi connectivity index (χ0) is 18.3. The minimum atomic E-state index is 0.438. The number of piperidine rings is 1. The fourth-order valence-corrected chi connectivity index (χ4v) is 8.55. The van der Waals surface area contributed by atoms with Gasteiger partial charge in [-0.25, -0.2) is 0 Å². The van der Waals surface area contributed by atoms with E-state index in [4.69, 9.17) is 0 Å². The molecular weight excluding hydrogens is 461 g/mol. The summed E-state index contributed by atoms with van der Waals surface area (Å²) in [5.74, 6) is 0.832. The van der Waals surface area contributed by atoms with Crippen molar-refractivity contribution in [1.82, 2.24) is 4.90 Å². The van der Waals surface area contributed by atoms with Gasteiger partial charge >= 0.3 is 177 Å². The first kappa shape index (κ1) is 17.7. The molecular formula is C24H22BrNSe. The molecule has 0 unspecified atom stereocenters. The van der Waals surface area contributed by atoms with Gasteiger partial charge in [-0.15, -0.1) is 0 Å². The maximum absolute atomic E-state index is 3.86. The Kier molecular flexibility index (Phi) is 4.73. The zero-order valence-corrected chi connectivity index (χ0v) is 18.4. The summed E-state index contributed by atoms with van der Waals surface area (Å²) < 4.78 is 3.22. The molecule has 0 N–H and O–H groups in total. The van der Waals surface area contributed by atoms with E-state index in [0.717, 1.165) is 12.5 Å². The first-order valence-corrected chi connectivity index (χ1v) is 12.0. The molecule has 1 aliphatic carbocycles. The average molecular weight is 483 g/mol. The molecule has 1 aliphatic heterocycles. The number of fused-ring (bicyclic) bond motifs is 1. The van der Waals surface area contributed by atoms with Gasteiger partial charge in [0.25, 0.3) is 0 Å². The second-order valence-electron chi connectivity index (χ2n) is 7.61. The van der Waals surface area contributed by atoms with Gasteiger partial charge in [0.05, 0.1) is 0 Å². The molecule has 0 bridgehead atoms. The Labute approximate surface area is 176 Å². The Morgan fingerprint density at radius 1 is 0.889 bits per heavy atom. The van der Waals surface area contributed by atoms with Gasteiger partial charge in [0.2, 0.25) is 0 Å². The molecule has 3 aromatic rings. The van der Waals surface area contributed by atoms with Gasteiger partial charge in [-0.2, -0.15) is 0 Å². The van der Waals surface area contributed by atoms with Crippen LogP contribution in [-0.2, 0) is 6.54 Å². The third-order valence-corrected chi connectivity index (χ3v) is 9.96. The van der Waals surface area contributed by atoms with Crippen molar-refractivity contribution < 1.29 is 0 Å². The van der Waals surface area contributed by atoms with E-state index >= 15 is 0 Å². The van der Waals surface area contributed by atoms with Gasteiger partial charge in [-0.05, 0) is 0 Å². The van der Waals surface area contributed by atoms with E-state index in [0.29, 0.717) is 25.3 Å². The molecule has 2 fully saturated rings. The van der Waals surface area contributed by atoms with E-state index in [1.54, 1.807) is 0 Å². The summed E-state index contributed by atoms with van der Waals surface area (Å²) in [6.07, 6.45) is 1.37.